The van der Waals surface area contributed by atoms with Gasteiger partial charge >= 0.3 is 5.97 Å². The second-order valence-corrected chi connectivity index (χ2v) is 8.07. The smallest absolute Gasteiger partial charge is 0.330 e. The molecule has 3 nitrogen and oxygen atoms in total. The maximum absolute atomic E-state index is 10.4. The number of carbonyl (C=O) groups is 1. The van der Waals surface area contributed by atoms with Crippen molar-refractivity contribution in [3.05, 3.63) is 11.3 Å². The Bertz CT molecular complexity index is 186. The van der Waals surface area contributed by atoms with Gasteiger partial charge in [-0.3, -0.25) is 0 Å². The molecule has 0 heterocycles. The number of hydrogen-bond acceptors (Lipinski definition) is 2. The van der Waals surface area contributed by atoms with Crippen molar-refractivity contribution in [2.45, 2.75) is 20.0 Å². The van der Waals surface area contributed by atoms with Crippen molar-refractivity contribution in [3.63, 3.8) is 0 Å². The minimum absolute atomic E-state index is 0.387. The molecule has 5 heteroatoms. The first kappa shape index (κ1) is 10.6. The molecule has 0 unspecified atom stereocenters. The molecule has 0 radical (unpaired) electrons. The highest BCUT2D eigenvalue weighted by atomic mass is 28.4. The Morgan fingerprint density at radius 3 is 2.36 bits per heavy atom. The van der Waals surface area contributed by atoms with Crippen LogP contribution in [0.25, 0.3) is 0 Å². The molecule has 0 aromatic rings. The Morgan fingerprint density at radius 1 is 1.64 bits per heavy atom. The molecule has 0 bridgehead atoms. The third kappa shape index (κ3) is 4.12. The fourth-order valence-electron chi connectivity index (χ4n) is 0.642. The third-order valence-corrected chi connectivity index (χ3v) is 6.76. The van der Waals surface area contributed by atoms with Crippen LogP contribution in [0.15, 0.2) is 11.3 Å². The average molecular weight is 190 g/mol. The van der Waals surface area contributed by atoms with E-state index in [1.54, 1.807) is 12.6 Å². The lowest BCUT2D eigenvalue weighted by atomic mass is 10.4. The van der Waals surface area contributed by atoms with E-state index < -0.39 is 14.3 Å². The minimum Gasteiger partial charge on any atom is -0.478 e. The highest BCUT2D eigenvalue weighted by molar-refractivity contribution is 6.78. The Labute approximate surface area is 70.7 Å². The molecule has 0 rings (SSSR count). The zero-order chi connectivity index (χ0) is 9.07. The topological polar surface area (TPSA) is 46.5 Å². The molecule has 0 amide bonds. The van der Waals surface area contributed by atoms with Gasteiger partial charge in [0.1, 0.15) is 10.5 Å². The summed E-state index contributed by atoms with van der Waals surface area (Å²) in [5.41, 5.74) is 2.14. The lowest BCUT2D eigenvalue weighted by Gasteiger charge is -2.15. The molecule has 11 heavy (non-hydrogen) atoms. The van der Waals surface area contributed by atoms with Crippen LogP contribution in [0.4, 0.5) is 0 Å². The van der Waals surface area contributed by atoms with Gasteiger partial charge in [-0.25, -0.2) is 4.79 Å². The molecule has 0 aromatic heterocycles. The number of hydrogen-bond donors (Lipinski definition) is 1. The summed E-state index contributed by atoms with van der Waals surface area (Å²) in [6.07, 6.45) is 0. The highest BCUT2D eigenvalue weighted by Crippen LogP contribution is 2.07. The molecule has 64 valence electrons. The van der Waals surface area contributed by atoms with Crippen LogP contribution in [-0.4, -0.2) is 29.9 Å². The summed E-state index contributed by atoms with van der Waals surface area (Å²) in [6.45, 7) is 5.55. The average Bonchev–Trinajstić information content (AvgIpc) is 1.87. The molecule has 0 aliphatic carbocycles. The van der Waals surface area contributed by atoms with Crippen molar-refractivity contribution in [1.82, 2.24) is 0 Å². The quantitative estimate of drug-likeness (QED) is 0.505. The standard InChI is InChI=1S/C6H14O3Si2/c1-5(6(7)8)4-11(2,3)9-10/h4H,1-3,10H3,(H,7,8). The summed E-state index contributed by atoms with van der Waals surface area (Å²) in [5, 5.41) is 8.55. The van der Waals surface area contributed by atoms with E-state index in [4.69, 9.17) is 9.22 Å². The van der Waals surface area contributed by atoms with Gasteiger partial charge in [0.15, 0.2) is 8.32 Å². The number of rotatable bonds is 3. The highest BCUT2D eigenvalue weighted by Gasteiger charge is 2.17. The van der Waals surface area contributed by atoms with Crippen LogP contribution in [-0.2, 0) is 8.91 Å². The Morgan fingerprint density at radius 2 is 2.09 bits per heavy atom. The van der Waals surface area contributed by atoms with E-state index in [0.717, 1.165) is 0 Å². The number of carboxylic acids is 1. The minimum atomic E-state index is -1.78. The molecule has 0 aliphatic heterocycles. The molecular weight excluding hydrogens is 176 g/mol. The maximum atomic E-state index is 10.4. The summed E-state index contributed by atoms with van der Waals surface area (Å²) in [5.74, 6) is -0.857. The van der Waals surface area contributed by atoms with Gasteiger partial charge in [0.25, 0.3) is 0 Å². The molecule has 0 atom stereocenters. The van der Waals surface area contributed by atoms with Crippen molar-refractivity contribution in [3.8, 4) is 0 Å². The van der Waals surface area contributed by atoms with Gasteiger partial charge in [0, 0.05) is 5.57 Å². The van der Waals surface area contributed by atoms with Crippen LogP contribution in [0, 0.1) is 0 Å². The molecular formula is C6H14O3Si2. The second-order valence-electron chi connectivity index (χ2n) is 2.94. The molecule has 0 aliphatic rings. The van der Waals surface area contributed by atoms with E-state index in [9.17, 15) is 4.79 Å². The Kier molecular flexibility index (Phi) is 3.70. The molecule has 0 fully saturated rings. The summed E-state index contributed by atoms with van der Waals surface area (Å²) < 4.78 is 5.30. The van der Waals surface area contributed by atoms with E-state index in [1.807, 2.05) is 13.1 Å². The van der Waals surface area contributed by atoms with Crippen molar-refractivity contribution in [1.29, 1.82) is 0 Å². The van der Waals surface area contributed by atoms with Crippen LogP contribution >= 0.6 is 0 Å². The fourth-order valence-corrected chi connectivity index (χ4v) is 2.28. The van der Waals surface area contributed by atoms with E-state index >= 15 is 0 Å². The Hall–Kier alpha value is -0.396. The molecule has 0 saturated heterocycles. The zero-order valence-corrected chi connectivity index (χ0v) is 10.3. The first-order chi connectivity index (χ1) is 4.89. The van der Waals surface area contributed by atoms with Gasteiger partial charge in [-0.05, 0) is 20.0 Å². The molecule has 0 saturated carbocycles. The van der Waals surface area contributed by atoms with Crippen molar-refractivity contribution < 1.29 is 14.0 Å². The van der Waals surface area contributed by atoms with Crippen LogP contribution in [0.3, 0.4) is 0 Å². The Balaban J connectivity index is 4.41. The lowest BCUT2D eigenvalue weighted by Crippen LogP contribution is -2.27. The van der Waals surface area contributed by atoms with Gasteiger partial charge < -0.3 is 9.22 Å². The number of aliphatic carboxylic acids is 1. The number of carboxylic acid groups (broad SMARTS) is 1. The van der Waals surface area contributed by atoms with E-state index in [-0.39, 0.29) is 0 Å². The first-order valence-corrected chi connectivity index (χ1v) is 7.17. The van der Waals surface area contributed by atoms with E-state index in [1.165, 1.54) is 0 Å². The van der Waals surface area contributed by atoms with Crippen molar-refractivity contribution in [2.24, 2.45) is 0 Å². The summed E-state index contributed by atoms with van der Waals surface area (Å²) in [6, 6.07) is 0. The fraction of sp³-hybridized carbons (Fsp3) is 0.500. The summed E-state index contributed by atoms with van der Waals surface area (Å²) >= 11 is 0. The third-order valence-electron chi connectivity index (χ3n) is 1.43. The zero-order valence-electron chi connectivity index (χ0n) is 7.34. The largest absolute Gasteiger partial charge is 0.478 e. The van der Waals surface area contributed by atoms with Gasteiger partial charge in [-0.15, -0.1) is 0 Å². The van der Waals surface area contributed by atoms with Crippen molar-refractivity contribution >= 4 is 24.8 Å². The van der Waals surface area contributed by atoms with Gasteiger partial charge in [-0.1, -0.05) is 5.70 Å². The van der Waals surface area contributed by atoms with Gasteiger partial charge in [0.2, 0.25) is 0 Å². The molecule has 0 aromatic carbocycles. The van der Waals surface area contributed by atoms with Crippen LogP contribution in [0.1, 0.15) is 6.92 Å². The summed E-state index contributed by atoms with van der Waals surface area (Å²) in [7, 11) is -1.11. The molecule has 1 N–H and O–H groups in total. The SMILES string of the molecule is CC(=C[Si](C)(C)O[SiH3])C(=O)O. The predicted octanol–water partition coefficient (Wildman–Crippen LogP) is 0.0586. The monoisotopic (exact) mass is 190 g/mol. The lowest BCUT2D eigenvalue weighted by molar-refractivity contribution is -0.132. The summed E-state index contributed by atoms with van der Waals surface area (Å²) in [4.78, 5) is 10.4. The van der Waals surface area contributed by atoms with E-state index in [0.29, 0.717) is 16.1 Å². The predicted molar refractivity (Wildman–Crippen MR) is 49.9 cm³/mol. The van der Waals surface area contributed by atoms with E-state index in [2.05, 4.69) is 0 Å². The maximum Gasteiger partial charge on any atom is 0.330 e. The van der Waals surface area contributed by atoms with Crippen LogP contribution in [0.2, 0.25) is 13.1 Å². The molecule has 0 spiro atoms. The van der Waals surface area contributed by atoms with Crippen molar-refractivity contribution in [2.75, 3.05) is 0 Å². The first-order valence-electron chi connectivity index (χ1n) is 3.37. The van der Waals surface area contributed by atoms with Crippen LogP contribution in [0.5, 0.6) is 0 Å². The van der Waals surface area contributed by atoms with Gasteiger partial charge in [0.05, 0.1) is 0 Å². The second kappa shape index (κ2) is 3.84. The van der Waals surface area contributed by atoms with Gasteiger partial charge in [-0.2, -0.15) is 0 Å². The normalized spacial score (nSPS) is 13.5. The van der Waals surface area contributed by atoms with Crippen LogP contribution < -0.4 is 0 Å².